The first-order valence-corrected chi connectivity index (χ1v) is 5.83. The summed E-state index contributed by atoms with van der Waals surface area (Å²) >= 11 is 6.15. The Hall–Kier alpha value is -0.570. The molecule has 1 aromatic rings. The smallest absolute Gasteiger partial charge is 0.0451 e. The van der Waals surface area contributed by atoms with E-state index in [1.165, 1.54) is 5.56 Å². The van der Waals surface area contributed by atoms with E-state index in [1.807, 2.05) is 18.2 Å². The van der Waals surface area contributed by atoms with Crippen LogP contribution in [0.4, 0.5) is 0 Å². The van der Waals surface area contributed by atoms with Crippen LogP contribution in [0, 0.1) is 0 Å². The number of piperazine rings is 1. The lowest BCUT2D eigenvalue weighted by Crippen LogP contribution is -2.49. The van der Waals surface area contributed by atoms with Gasteiger partial charge in [0.25, 0.3) is 0 Å². The number of rotatable bonds is 2. The maximum atomic E-state index is 6.15. The number of nitrogens with zero attached hydrogens (tertiary/aromatic N) is 1. The molecule has 1 atom stereocenters. The molecule has 1 saturated heterocycles. The van der Waals surface area contributed by atoms with E-state index in [2.05, 4.69) is 23.2 Å². The van der Waals surface area contributed by atoms with E-state index in [0.29, 0.717) is 6.04 Å². The number of hydrogen-bond donors (Lipinski definition) is 1. The molecule has 0 amide bonds. The molecule has 1 aliphatic rings. The van der Waals surface area contributed by atoms with Crippen LogP contribution in [-0.4, -0.2) is 30.6 Å². The van der Waals surface area contributed by atoms with Crippen molar-refractivity contribution < 1.29 is 0 Å². The summed E-state index contributed by atoms with van der Waals surface area (Å²) in [7, 11) is 0. The minimum atomic E-state index is 0.593. The molecule has 0 spiro atoms. The highest BCUT2D eigenvalue weighted by molar-refractivity contribution is 6.31. The Morgan fingerprint density at radius 1 is 1.47 bits per heavy atom. The predicted molar refractivity (Wildman–Crippen MR) is 64.2 cm³/mol. The highest BCUT2D eigenvalue weighted by atomic mass is 35.5. The molecule has 3 heteroatoms. The highest BCUT2D eigenvalue weighted by Gasteiger charge is 2.18. The molecule has 15 heavy (non-hydrogen) atoms. The summed E-state index contributed by atoms with van der Waals surface area (Å²) in [5.41, 5.74) is 1.23. The lowest BCUT2D eigenvalue weighted by atomic mass is 10.1. The van der Waals surface area contributed by atoms with Crippen LogP contribution in [0.3, 0.4) is 0 Å². The minimum Gasteiger partial charge on any atom is -0.314 e. The van der Waals surface area contributed by atoms with E-state index < -0.39 is 0 Å². The normalized spacial score (nSPS) is 22.9. The van der Waals surface area contributed by atoms with Gasteiger partial charge in [-0.3, -0.25) is 4.90 Å². The van der Waals surface area contributed by atoms with E-state index in [4.69, 9.17) is 11.6 Å². The molecule has 0 bridgehead atoms. The van der Waals surface area contributed by atoms with E-state index in [0.717, 1.165) is 31.2 Å². The fourth-order valence-corrected chi connectivity index (χ4v) is 2.16. The summed E-state index contributed by atoms with van der Waals surface area (Å²) in [6, 6.07) is 8.69. The Kier molecular flexibility index (Phi) is 3.62. The predicted octanol–water partition coefficient (Wildman–Crippen LogP) is 2.13. The van der Waals surface area contributed by atoms with Crippen molar-refractivity contribution >= 4 is 11.6 Å². The van der Waals surface area contributed by atoms with Crippen molar-refractivity contribution in [3.8, 4) is 0 Å². The fraction of sp³-hybridized carbons (Fsp3) is 0.500. The lowest BCUT2D eigenvalue weighted by molar-refractivity contribution is 0.165. The highest BCUT2D eigenvalue weighted by Crippen LogP contribution is 2.18. The van der Waals surface area contributed by atoms with Crippen molar-refractivity contribution in [3.63, 3.8) is 0 Å². The maximum absolute atomic E-state index is 6.15. The standard InChI is InChI=1S/C12H17ClN2/c1-10-8-14-6-7-15(10)9-11-4-2-3-5-12(11)13/h2-5,10,14H,6-9H2,1H3/t10-/m1/s1. The average Bonchev–Trinajstić information content (AvgIpc) is 2.24. The van der Waals surface area contributed by atoms with Gasteiger partial charge in [0.05, 0.1) is 0 Å². The Morgan fingerprint density at radius 3 is 3.00 bits per heavy atom. The molecule has 0 saturated carbocycles. The molecule has 1 N–H and O–H groups in total. The molecule has 1 fully saturated rings. The SMILES string of the molecule is C[C@@H]1CNCCN1Cc1ccccc1Cl. The van der Waals surface area contributed by atoms with Crippen molar-refractivity contribution in [2.24, 2.45) is 0 Å². The molecule has 0 aromatic heterocycles. The van der Waals surface area contributed by atoms with Crippen LogP contribution >= 0.6 is 11.6 Å². The molecule has 2 rings (SSSR count). The Balaban J connectivity index is 2.04. The number of halogens is 1. The molecule has 2 nitrogen and oxygen atoms in total. The first-order chi connectivity index (χ1) is 7.27. The molecular formula is C12H17ClN2. The van der Waals surface area contributed by atoms with Crippen LogP contribution in [0.2, 0.25) is 5.02 Å². The minimum absolute atomic E-state index is 0.593. The number of benzene rings is 1. The first kappa shape index (κ1) is 10.9. The third-order valence-electron chi connectivity index (χ3n) is 2.97. The lowest BCUT2D eigenvalue weighted by Gasteiger charge is -2.34. The average molecular weight is 225 g/mol. The van der Waals surface area contributed by atoms with Gasteiger partial charge in [-0.05, 0) is 18.6 Å². The second-order valence-corrected chi connectivity index (χ2v) is 4.52. The molecule has 0 radical (unpaired) electrons. The van der Waals surface area contributed by atoms with Crippen LogP contribution in [0.15, 0.2) is 24.3 Å². The van der Waals surface area contributed by atoms with E-state index in [1.54, 1.807) is 0 Å². The summed E-state index contributed by atoms with van der Waals surface area (Å²) in [4.78, 5) is 2.47. The van der Waals surface area contributed by atoms with Gasteiger partial charge >= 0.3 is 0 Å². The Bertz CT molecular complexity index is 327. The molecule has 1 aliphatic heterocycles. The van der Waals surface area contributed by atoms with Gasteiger partial charge in [0, 0.05) is 37.2 Å². The zero-order valence-electron chi connectivity index (χ0n) is 9.04. The van der Waals surface area contributed by atoms with Crippen molar-refractivity contribution in [1.29, 1.82) is 0 Å². The molecule has 0 unspecified atom stereocenters. The Morgan fingerprint density at radius 2 is 2.27 bits per heavy atom. The van der Waals surface area contributed by atoms with E-state index >= 15 is 0 Å². The fourth-order valence-electron chi connectivity index (χ4n) is 1.96. The monoisotopic (exact) mass is 224 g/mol. The largest absolute Gasteiger partial charge is 0.314 e. The number of hydrogen-bond acceptors (Lipinski definition) is 2. The van der Waals surface area contributed by atoms with E-state index in [9.17, 15) is 0 Å². The molecule has 1 aromatic carbocycles. The number of nitrogens with one attached hydrogen (secondary N) is 1. The molecular weight excluding hydrogens is 208 g/mol. The van der Waals surface area contributed by atoms with Gasteiger partial charge in [-0.1, -0.05) is 29.8 Å². The molecule has 1 heterocycles. The van der Waals surface area contributed by atoms with Crippen molar-refractivity contribution in [2.75, 3.05) is 19.6 Å². The van der Waals surface area contributed by atoms with Gasteiger partial charge in [0.2, 0.25) is 0 Å². The van der Waals surface area contributed by atoms with Gasteiger partial charge < -0.3 is 5.32 Å². The van der Waals surface area contributed by atoms with Crippen LogP contribution in [0.25, 0.3) is 0 Å². The quantitative estimate of drug-likeness (QED) is 0.828. The van der Waals surface area contributed by atoms with Crippen molar-refractivity contribution in [3.05, 3.63) is 34.9 Å². The summed E-state index contributed by atoms with van der Waals surface area (Å²) < 4.78 is 0. The van der Waals surface area contributed by atoms with Gasteiger partial charge in [0.15, 0.2) is 0 Å². The summed E-state index contributed by atoms with van der Waals surface area (Å²) in [6.45, 7) is 6.47. The van der Waals surface area contributed by atoms with Crippen LogP contribution in [0.5, 0.6) is 0 Å². The van der Waals surface area contributed by atoms with Gasteiger partial charge in [0.1, 0.15) is 0 Å². The maximum Gasteiger partial charge on any atom is 0.0451 e. The third kappa shape index (κ3) is 2.71. The van der Waals surface area contributed by atoms with Gasteiger partial charge in [-0.25, -0.2) is 0 Å². The topological polar surface area (TPSA) is 15.3 Å². The summed E-state index contributed by atoms with van der Waals surface area (Å²) in [5.74, 6) is 0. The van der Waals surface area contributed by atoms with Crippen LogP contribution < -0.4 is 5.32 Å². The molecule has 0 aliphatic carbocycles. The summed E-state index contributed by atoms with van der Waals surface area (Å²) in [5, 5.41) is 4.27. The van der Waals surface area contributed by atoms with Crippen molar-refractivity contribution in [2.45, 2.75) is 19.5 Å². The zero-order valence-corrected chi connectivity index (χ0v) is 9.80. The Labute approximate surface area is 96.2 Å². The van der Waals surface area contributed by atoms with Crippen LogP contribution in [0.1, 0.15) is 12.5 Å². The van der Waals surface area contributed by atoms with Gasteiger partial charge in [-0.2, -0.15) is 0 Å². The third-order valence-corrected chi connectivity index (χ3v) is 3.34. The van der Waals surface area contributed by atoms with E-state index in [-0.39, 0.29) is 0 Å². The second-order valence-electron chi connectivity index (χ2n) is 4.12. The molecule has 82 valence electrons. The zero-order chi connectivity index (χ0) is 10.7. The van der Waals surface area contributed by atoms with Crippen molar-refractivity contribution in [1.82, 2.24) is 10.2 Å². The summed E-state index contributed by atoms with van der Waals surface area (Å²) in [6.07, 6.45) is 0. The second kappa shape index (κ2) is 4.97. The van der Waals surface area contributed by atoms with Crippen LogP contribution in [-0.2, 0) is 6.54 Å². The first-order valence-electron chi connectivity index (χ1n) is 5.45. The van der Waals surface area contributed by atoms with Gasteiger partial charge in [-0.15, -0.1) is 0 Å².